The fourth-order valence-electron chi connectivity index (χ4n) is 0.989. The minimum Gasteiger partial charge on any atom is -0.395 e. The highest BCUT2D eigenvalue weighted by Gasteiger charge is 2.05. The fraction of sp³-hybridized carbons (Fsp3) is 0.364. The summed E-state index contributed by atoms with van der Waals surface area (Å²) in [6.45, 7) is 1.99. The molecule has 82 valence electrons. The number of thioether (sulfide) groups is 1. The average molecular weight is 225 g/mol. The van der Waals surface area contributed by atoms with E-state index in [-0.39, 0.29) is 17.8 Å². The molecule has 15 heavy (non-hydrogen) atoms. The van der Waals surface area contributed by atoms with Crippen molar-refractivity contribution in [3.63, 3.8) is 0 Å². The van der Waals surface area contributed by atoms with E-state index in [9.17, 15) is 4.79 Å². The van der Waals surface area contributed by atoms with Gasteiger partial charge < -0.3 is 10.4 Å². The first-order chi connectivity index (χ1) is 7.22. The van der Waals surface area contributed by atoms with E-state index in [1.807, 2.05) is 37.3 Å². The topological polar surface area (TPSA) is 49.3 Å². The van der Waals surface area contributed by atoms with Gasteiger partial charge in [0, 0.05) is 10.9 Å². The van der Waals surface area contributed by atoms with Crippen molar-refractivity contribution in [1.29, 1.82) is 0 Å². The van der Waals surface area contributed by atoms with Crippen LogP contribution in [0, 0.1) is 0 Å². The molecule has 2 N–H and O–H groups in total. The van der Waals surface area contributed by atoms with Crippen molar-refractivity contribution in [1.82, 2.24) is 0 Å². The van der Waals surface area contributed by atoms with Crippen molar-refractivity contribution in [3.05, 3.63) is 30.3 Å². The summed E-state index contributed by atoms with van der Waals surface area (Å²) >= 11 is 1.44. The van der Waals surface area contributed by atoms with Gasteiger partial charge in [0.1, 0.15) is 0 Å². The second-order valence-corrected chi connectivity index (χ2v) is 4.65. The number of rotatable bonds is 5. The van der Waals surface area contributed by atoms with Crippen LogP contribution in [0.5, 0.6) is 0 Å². The van der Waals surface area contributed by atoms with E-state index in [1.165, 1.54) is 11.8 Å². The summed E-state index contributed by atoms with van der Waals surface area (Å²) in [6, 6.07) is 9.34. The number of amides is 1. The largest absolute Gasteiger partial charge is 0.395 e. The van der Waals surface area contributed by atoms with Crippen LogP contribution >= 0.6 is 11.8 Å². The normalized spacial score (nSPS) is 12.1. The first-order valence-corrected chi connectivity index (χ1v) is 5.84. The fourth-order valence-corrected chi connectivity index (χ4v) is 1.60. The maximum atomic E-state index is 11.4. The molecule has 0 saturated carbocycles. The van der Waals surface area contributed by atoms with Crippen LogP contribution in [0.1, 0.15) is 6.92 Å². The zero-order valence-corrected chi connectivity index (χ0v) is 9.46. The molecule has 0 heterocycles. The summed E-state index contributed by atoms with van der Waals surface area (Å²) in [5, 5.41) is 11.7. The highest BCUT2D eigenvalue weighted by Crippen LogP contribution is 2.11. The van der Waals surface area contributed by atoms with Crippen LogP contribution in [-0.4, -0.2) is 28.6 Å². The maximum Gasteiger partial charge on any atom is 0.234 e. The molecular weight excluding hydrogens is 210 g/mol. The molecule has 0 aliphatic carbocycles. The summed E-state index contributed by atoms with van der Waals surface area (Å²) < 4.78 is 0. The molecule has 1 aromatic rings. The lowest BCUT2D eigenvalue weighted by Gasteiger charge is -2.07. The van der Waals surface area contributed by atoms with Crippen LogP contribution in [0.15, 0.2) is 30.3 Å². The first kappa shape index (κ1) is 12.1. The molecule has 0 radical (unpaired) electrons. The predicted molar refractivity (Wildman–Crippen MR) is 64.1 cm³/mol. The SMILES string of the molecule is CC(CO)SCC(=O)Nc1ccccc1. The molecule has 1 unspecified atom stereocenters. The van der Waals surface area contributed by atoms with Gasteiger partial charge in [-0.3, -0.25) is 4.79 Å². The molecule has 1 atom stereocenters. The summed E-state index contributed by atoms with van der Waals surface area (Å²) in [5.74, 6) is 0.336. The van der Waals surface area contributed by atoms with Gasteiger partial charge in [-0.25, -0.2) is 0 Å². The minimum atomic E-state index is -0.0356. The van der Waals surface area contributed by atoms with E-state index < -0.39 is 0 Å². The van der Waals surface area contributed by atoms with Crippen molar-refractivity contribution in [2.24, 2.45) is 0 Å². The third-order valence-electron chi connectivity index (χ3n) is 1.81. The Morgan fingerprint density at radius 2 is 2.13 bits per heavy atom. The van der Waals surface area contributed by atoms with E-state index in [1.54, 1.807) is 0 Å². The molecule has 0 aromatic heterocycles. The van der Waals surface area contributed by atoms with Crippen molar-refractivity contribution >= 4 is 23.4 Å². The number of aliphatic hydroxyl groups excluding tert-OH is 1. The Morgan fingerprint density at radius 3 is 2.73 bits per heavy atom. The number of aliphatic hydroxyl groups is 1. The monoisotopic (exact) mass is 225 g/mol. The van der Waals surface area contributed by atoms with E-state index in [0.29, 0.717) is 5.75 Å². The van der Waals surface area contributed by atoms with Gasteiger partial charge in [-0.1, -0.05) is 25.1 Å². The zero-order valence-electron chi connectivity index (χ0n) is 8.64. The van der Waals surface area contributed by atoms with E-state index in [0.717, 1.165) is 5.69 Å². The summed E-state index contributed by atoms with van der Waals surface area (Å²) in [6.07, 6.45) is 0. The maximum absolute atomic E-state index is 11.4. The Kier molecular flexibility index (Phi) is 5.21. The van der Waals surface area contributed by atoms with E-state index >= 15 is 0 Å². The van der Waals surface area contributed by atoms with Crippen molar-refractivity contribution in [2.75, 3.05) is 17.7 Å². The number of nitrogens with one attached hydrogen (secondary N) is 1. The molecule has 0 fully saturated rings. The summed E-state index contributed by atoms with van der Waals surface area (Å²) in [5.41, 5.74) is 0.805. The lowest BCUT2D eigenvalue weighted by atomic mass is 10.3. The van der Waals surface area contributed by atoms with Crippen LogP contribution in [0.4, 0.5) is 5.69 Å². The van der Waals surface area contributed by atoms with Crippen LogP contribution in [0.3, 0.4) is 0 Å². The Balaban J connectivity index is 2.31. The molecule has 0 bridgehead atoms. The second-order valence-electron chi connectivity index (χ2n) is 3.22. The molecule has 1 rings (SSSR count). The molecule has 0 saturated heterocycles. The van der Waals surface area contributed by atoms with Gasteiger partial charge in [0.2, 0.25) is 5.91 Å². The molecule has 1 aromatic carbocycles. The van der Waals surface area contributed by atoms with Crippen LogP contribution in [-0.2, 0) is 4.79 Å². The molecule has 0 spiro atoms. The Hall–Kier alpha value is -1.00. The van der Waals surface area contributed by atoms with E-state index in [2.05, 4.69) is 5.32 Å². The van der Waals surface area contributed by atoms with Crippen LogP contribution in [0.25, 0.3) is 0 Å². The smallest absolute Gasteiger partial charge is 0.234 e. The van der Waals surface area contributed by atoms with Gasteiger partial charge in [0.15, 0.2) is 0 Å². The van der Waals surface area contributed by atoms with Gasteiger partial charge in [0.25, 0.3) is 0 Å². The number of hydrogen-bond donors (Lipinski definition) is 2. The summed E-state index contributed by atoms with van der Waals surface area (Å²) in [7, 11) is 0. The number of para-hydroxylation sites is 1. The van der Waals surface area contributed by atoms with E-state index in [4.69, 9.17) is 5.11 Å². The molecular formula is C11H15NO2S. The van der Waals surface area contributed by atoms with Crippen molar-refractivity contribution in [3.8, 4) is 0 Å². The Bertz CT molecular complexity index is 303. The lowest BCUT2D eigenvalue weighted by Crippen LogP contribution is -2.16. The third-order valence-corrected chi connectivity index (χ3v) is 2.96. The highest BCUT2D eigenvalue weighted by molar-refractivity contribution is 8.00. The molecule has 0 aliphatic heterocycles. The minimum absolute atomic E-state index is 0.0356. The predicted octanol–water partition coefficient (Wildman–Crippen LogP) is 1.74. The number of carbonyl (C=O) groups excluding carboxylic acids is 1. The number of carbonyl (C=O) groups is 1. The van der Waals surface area contributed by atoms with Gasteiger partial charge in [-0.05, 0) is 12.1 Å². The standard InChI is InChI=1S/C11H15NO2S/c1-9(7-13)15-8-11(14)12-10-5-3-2-4-6-10/h2-6,9,13H,7-8H2,1H3,(H,12,14). The zero-order chi connectivity index (χ0) is 11.1. The Labute approximate surface area is 93.9 Å². The van der Waals surface area contributed by atoms with Gasteiger partial charge >= 0.3 is 0 Å². The average Bonchev–Trinajstić information content (AvgIpc) is 2.27. The molecule has 1 amide bonds. The Morgan fingerprint density at radius 1 is 1.47 bits per heavy atom. The molecule has 4 heteroatoms. The van der Waals surface area contributed by atoms with Gasteiger partial charge in [-0.2, -0.15) is 0 Å². The number of benzene rings is 1. The number of anilines is 1. The first-order valence-electron chi connectivity index (χ1n) is 4.79. The number of hydrogen-bond acceptors (Lipinski definition) is 3. The highest BCUT2D eigenvalue weighted by atomic mass is 32.2. The van der Waals surface area contributed by atoms with Crippen LogP contribution in [0.2, 0.25) is 0 Å². The summed E-state index contributed by atoms with van der Waals surface area (Å²) in [4.78, 5) is 11.4. The van der Waals surface area contributed by atoms with Crippen LogP contribution < -0.4 is 5.32 Å². The lowest BCUT2D eigenvalue weighted by molar-refractivity contribution is -0.113. The molecule has 3 nitrogen and oxygen atoms in total. The van der Waals surface area contributed by atoms with Crippen molar-refractivity contribution in [2.45, 2.75) is 12.2 Å². The molecule has 0 aliphatic rings. The quantitative estimate of drug-likeness (QED) is 0.802. The third kappa shape index (κ3) is 4.85. The second kappa shape index (κ2) is 6.48. The van der Waals surface area contributed by atoms with Crippen molar-refractivity contribution < 1.29 is 9.90 Å². The van der Waals surface area contributed by atoms with Gasteiger partial charge in [-0.15, -0.1) is 11.8 Å². The van der Waals surface area contributed by atoms with Gasteiger partial charge in [0.05, 0.1) is 12.4 Å².